The fourth-order valence-electron chi connectivity index (χ4n) is 8.40. The molecule has 0 saturated carbocycles. The van der Waals surface area contributed by atoms with Crippen LogP contribution in [0.25, 0.3) is 22.3 Å². The molecule has 334 valence electrons. The molecule has 5 heterocycles. The van der Waals surface area contributed by atoms with Crippen LogP contribution in [0.1, 0.15) is 114 Å². The summed E-state index contributed by atoms with van der Waals surface area (Å²) >= 11 is 0. The van der Waals surface area contributed by atoms with Crippen molar-refractivity contribution in [3.63, 3.8) is 0 Å². The van der Waals surface area contributed by atoms with Gasteiger partial charge in [0, 0.05) is 54.5 Å². The van der Waals surface area contributed by atoms with Crippen LogP contribution < -0.4 is 21.5 Å². The Labute approximate surface area is 359 Å². The lowest BCUT2D eigenvalue weighted by molar-refractivity contribution is -0.172. The largest absolute Gasteiger partial charge is 0.458 e. The van der Waals surface area contributed by atoms with Crippen molar-refractivity contribution in [2.45, 2.75) is 130 Å². The fraction of sp³-hybridized carbons (Fsp3) is 0.556. The number of nitrogens with one attached hydrogen (secondary N) is 3. The lowest BCUT2D eigenvalue weighted by Gasteiger charge is -2.31. The van der Waals surface area contributed by atoms with Gasteiger partial charge in [0.25, 0.3) is 5.56 Å². The van der Waals surface area contributed by atoms with Gasteiger partial charge in [-0.05, 0) is 81.5 Å². The molecule has 0 spiro atoms. The minimum absolute atomic E-state index is 0.0237. The third-order valence-electron chi connectivity index (χ3n) is 12.2. The highest BCUT2D eigenvalue weighted by Gasteiger charge is 2.45. The number of carbonyl (C=O) groups is 6. The number of pyridine rings is 2. The molecule has 62 heavy (non-hydrogen) atoms. The summed E-state index contributed by atoms with van der Waals surface area (Å²) < 4.78 is 27.7. The highest BCUT2D eigenvalue weighted by atomic mass is 19.1. The highest BCUT2D eigenvalue weighted by Crippen LogP contribution is 2.39. The van der Waals surface area contributed by atoms with E-state index in [9.17, 15) is 38.7 Å². The first kappa shape index (κ1) is 46.0. The number of benzene rings is 1. The Morgan fingerprint density at radius 1 is 1.03 bits per heavy atom. The first-order valence-corrected chi connectivity index (χ1v) is 21.5. The van der Waals surface area contributed by atoms with Gasteiger partial charge in [0.05, 0.1) is 29.0 Å². The lowest BCUT2D eigenvalue weighted by atomic mass is 9.86. The smallest absolute Gasteiger partial charge is 0.343 e. The summed E-state index contributed by atoms with van der Waals surface area (Å²) in [5.74, 6) is -3.34. The van der Waals surface area contributed by atoms with E-state index in [1.54, 1.807) is 45.3 Å². The van der Waals surface area contributed by atoms with Crippen molar-refractivity contribution in [2.24, 2.45) is 11.8 Å². The predicted molar refractivity (Wildman–Crippen MR) is 224 cm³/mol. The molecule has 4 N–H and O–H groups in total. The fourth-order valence-corrected chi connectivity index (χ4v) is 8.40. The molecular weight excluding hydrogens is 804 g/mol. The topological polar surface area (TPSA) is 215 Å². The minimum Gasteiger partial charge on any atom is -0.458 e. The molecule has 0 radical (unpaired) electrons. The third-order valence-corrected chi connectivity index (χ3v) is 12.2. The van der Waals surface area contributed by atoms with Crippen LogP contribution in [0.2, 0.25) is 0 Å². The van der Waals surface area contributed by atoms with Crippen LogP contribution in [0.5, 0.6) is 0 Å². The van der Waals surface area contributed by atoms with E-state index < -0.39 is 41.3 Å². The van der Waals surface area contributed by atoms with Crippen LogP contribution in [0, 0.1) is 24.6 Å². The van der Waals surface area contributed by atoms with E-state index in [1.807, 2.05) is 6.07 Å². The number of aromatic nitrogens is 2. The van der Waals surface area contributed by atoms with E-state index in [4.69, 9.17) is 14.5 Å². The highest BCUT2D eigenvalue weighted by molar-refractivity contribution is 6.03. The van der Waals surface area contributed by atoms with Crippen molar-refractivity contribution < 1.29 is 47.7 Å². The maximum atomic E-state index is 15.3. The van der Waals surface area contributed by atoms with Crippen LogP contribution in [-0.4, -0.2) is 87.0 Å². The van der Waals surface area contributed by atoms with Gasteiger partial charge < -0.3 is 35.1 Å². The van der Waals surface area contributed by atoms with Crippen molar-refractivity contribution in [2.75, 3.05) is 19.9 Å². The summed E-state index contributed by atoms with van der Waals surface area (Å²) in [6, 6.07) is 3.17. The molecule has 5 amide bonds. The number of amides is 5. The number of hydrogen-bond donors (Lipinski definition) is 4. The number of hydrogen-bond acceptors (Lipinski definition) is 11. The first-order chi connectivity index (χ1) is 29.5. The van der Waals surface area contributed by atoms with Gasteiger partial charge in [-0.1, -0.05) is 34.1 Å². The van der Waals surface area contributed by atoms with Gasteiger partial charge in [-0.2, -0.15) is 0 Å². The van der Waals surface area contributed by atoms with Crippen LogP contribution in [0.3, 0.4) is 0 Å². The number of unbranched alkanes of at least 4 members (excludes halogenated alkanes) is 3. The molecule has 3 aliphatic rings. The molecular formula is C45H57FN6O10. The van der Waals surface area contributed by atoms with E-state index in [-0.39, 0.29) is 85.4 Å². The molecule has 1 aromatic carbocycles. The number of carbonyl (C=O) groups excluding carboxylic acids is 6. The summed E-state index contributed by atoms with van der Waals surface area (Å²) in [7, 11) is 0. The molecule has 3 aromatic rings. The Hall–Kier alpha value is -5.55. The second-order valence-electron chi connectivity index (χ2n) is 17.0. The molecule has 2 aromatic heterocycles. The van der Waals surface area contributed by atoms with Gasteiger partial charge in [-0.15, -0.1) is 0 Å². The van der Waals surface area contributed by atoms with Gasteiger partial charge in [0.1, 0.15) is 31.2 Å². The average molecular weight is 861 g/mol. The number of cyclic esters (lactones) is 1. The molecule has 6 rings (SSSR count). The van der Waals surface area contributed by atoms with E-state index in [1.165, 1.54) is 17.9 Å². The van der Waals surface area contributed by atoms with Crippen molar-refractivity contribution >= 4 is 46.4 Å². The maximum Gasteiger partial charge on any atom is 0.343 e. The molecule has 1 saturated heterocycles. The molecule has 0 bridgehead atoms. The first-order valence-electron chi connectivity index (χ1n) is 21.5. The van der Waals surface area contributed by atoms with Crippen LogP contribution in [0.15, 0.2) is 23.0 Å². The van der Waals surface area contributed by atoms with E-state index in [0.717, 1.165) is 16.5 Å². The quantitative estimate of drug-likeness (QED) is 0.0463. The van der Waals surface area contributed by atoms with Crippen molar-refractivity contribution in [3.05, 3.63) is 62.2 Å². The molecule has 4 atom stereocenters. The van der Waals surface area contributed by atoms with Crippen LogP contribution in [-0.2, 0) is 63.4 Å². The number of aryl methyl sites for hydroxylation is 1. The van der Waals surface area contributed by atoms with E-state index in [2.05, 4.69) is 16.0 Å². The number of halogens is 1. The molecule has 1 fully saturated rings. The van der Waals surface area contributed by atoms with Gasteiger partial charge in [-0.25, -0.2) is 14.2 Å². The van der Waals surface area contributed by atoms with Gasteiger partial charge in [0.2, 0.25) is 29.5 Å². The Bertz CT molecular complexity index is 2350. The second-order valence-corrected chi connectivity index (χ2v) is 17.0. The van der Waals surface area contributed by atoms with E-state index >= 15 is 4.39 Å². The van der Waals surface area contributed by atoms with Crippen molar-refractivity contribution in [3.8, 4) is 11.4 Å². The SMILES string of the molecule is CC[C@@]1(O)C(=O)OCc2c1cc1n(c2=O)Cc2cc3c(CCCCOCNC(=O)[C@H](C)NC(=O)[C@@H](NC(=O)CCCCCN4C(=O)CC(C)C4=O)C(C)C)c(C)c(F)cc3nc2-1. The normalized spacial score (nSPS) is 19.0. The predicted octanol–water partition coefficient (Wildman–Crippen LogP) is 3.54. The zero-order chi connectivity index (χ0) is 45.0. The number of likely N-dealkylation sites (tertiary alicyclic amines) is 1. The molecule has 16 nitrogen and oxygen atoms in total. The summed E-state index contributed by atoms with van der Waals surface area (Å²) in [4.78, 5) is 94.8. The summed E-state index contributed by atoms with van der Waals surface area (Å²) in [5.41, 5.74) is 1.51. The Kier molecular flexibility index (Phi) is 14.3. The zero-order valence-electron chi connectivity index (χ0n) is 36.3. The molecule has 0 aliphatic carbocycles. The summed E-state index contributed by atoms with van der Waals surface area (Å²) in [6.07, 6.45) is 3.94. The third kappa shape index (κ3) is 9.43. The van der Waals surface area contributed by atoms with E-state index in [0.29, 0.717) is 74.1 Å². The van der Waals surface area contributed by atoms with Crippen molar-refractivity contribution in [1.82, 2.24) is 30.4 Å². The maximum absolute atomic E-state index is 15.3. The molecule has 1 unspecified atom stereocenters. The number of ether oxygens (including phenoxy) is 2. The Morgan fingerprint density at radius 2 is 1.79 bits per heavy atom. The molecule has 17 heteroatoms. The van der Waals surface area contributed by atoms with Crippen molar-refractivity contribution in [1.29, 1.82) is 0 Å². The average Bonchev–Trinajstić information content (AvgIpc) is 3.71. The van der Waals surface area contributed by atoms with Crippen LogP contribution in [0.4, 0.5) is 4.39 Å². The number of nitrogens with zero attached hydrogens (tertiary/aromatic N) is 3. The number of fused-ring (bicyclic) bond motifs is 5. The van der Waals surface area contributed by atoms with Gasteiger partial charge in [-0.3, -0.25) is 33.7 Å². The Morgan fingerprint density at radius 3 is 2.48 bits per heavy atom. The standard InChI is InChI=1S/C45H57FN6O10/c1-7-45(60)32-19-35-39-28(21-52(35)43(58)31(32)22-62-44(45)59)18-30-29(26(5)33(46)20-34(30)49-39)13-10-12-16-61-23-47-40(55)27(6)48-41(56)38(24(2)3)50-36(53)14-9-8-11-15-51-37(54)17-25(4)42(51)57/h18-20,24-25,27,38,60H,7-17,21-23H2,1-6H3,(H,47,55)(H,48,56)(H,50,53)/t25?,27-,38-,45-/m0/s1. The number of esters is 1. The lowest BCUT2D eigenvalue weighted by Crippen LogP contribution is -2.54. The monoisotopic (exact) mass is 860 g/mol. The molecule has 3 aliphatic heterocycles. The number of aliphatic hydroxyl groups is 1. The minimum atomic E-state index is -1.95. The number of rotatable bonds is 19. The summed E-state index contributed by atoms with van der Waals surface area (Å²) in [6.45, 7) is 10.7. The van der Waals surface area contributed by atoms with Crippen LogP contribution >= 0.6 is 0 Å². The van der Waals surface area contributed by atoms with Gasteiger partial charge in [0.15, 0.2) is 5.60 Å². The number of imide groups is 1. The summed E-state index contributed by atoms with van der Waals surface area (Å²) in [5, 5.41) is 20.0. The second kappa shape index (κ2) is 19.2. The van der Waals surface area contributed by atoms with Gasteiger partial charge >= 0.3 is 5.97 Å². The Balaban J connectivity index is 0.944. The zero-order valence-corrected chi connectivity index (χ0v) is 36.3.